The van der Waals surface area contributed by atoms with E-state index in [0.717, 1.165) is 12.1 Å². The molecule has 1 aromatic rings. The molecule has 1 aliphatic heterocycles. The number of hydrogen-bond donors (Lipinski definition) is 1. The van der Waals surface area contributed by atoms with Crippen molar-refractivity contribution in [2.45, 2.75) is 32.7 Å². The monoisotopic (exact) mass is 276 g/mol. The van der Waals surface area contributed by atoms with E-state index >= 15 is 0 Å². The third kappa shape index (κ3) is 3.50. The molecule has 0 aliphatic carbocycles. The highest BCUT2D eigenvalue weighted by Crippen LogP contribution is 2.15. The van der Waals surface area contributed by atoms with Crippen molar-refractivity contribution in [1.29, 1.82) is 0 Å². The van der Waals surface area contributed by atoms with E-state index in [1.165, 1.54) is 10.5 Å². The maximum absolute atomic E-state index is 12.1. The SMILES string of the molecule is CCC(CC(=O)N1CCOC1=O)Nc1ccc(C)cc1. The Morgan fingerprint density at radius 1 is 1.40 bits per heavy atom. The van der Waals surface area contributed by atoms with Gasteiger partial charge in [0.1, 0.15) is 6.61 Å². The fourth-order valence-corrected chi connectivity index (χ4v) is 2.12. The Hall–Kier alpha value is -2.04. The van der Waals surface area contributed by atoms with Gasteiger partial charge in [0.2, 0.25) is 5.91 Å². The third-order valence-electron chi connectivity index (χ3n) is 3.40. The summed E-state index contributed by atoms with van der Waals surface area (Å²) >= 11 is 0. The number of nitrogens with zero attached hydrogens (tertiary/aromatic N) is 1. The first kappa shape index (κ1) is 14.4. The Kier molecular flexibility index (Phi) is 4.61. The highest BCUT2D eigenvalue weighted by molar-refractivity contribution is 5.93. The smallest absolute Gasteiger partial charge is 0.416 e. The van der Waals surface area contributed by atoms with Gasteiger partial charge in [-0.25, -0.2) is 9.69 Å². The maximum atomic E-state index is 12.1. The summed E-state index contributed by atoms with van der Waals surface area (Å²) in [5.74, 6) is -0.182. The molecule has 2 amide bonds. The van der Waals surface area contributed by atoms with Gasteiger partial charge in [0.25, 0.3) is 0 Å². The number of imide groups is 1. The van der Waals surface area contributed by atoms with Gasteiger partial charge in [0.05, 0.1) is 6.54 Å². The molecule has 1 aromatic carbocycles. The van der Waals surface area contributed by atoms with Gasteiger partial charge in [-0.2, -0.15) is 0 Å². The molecule has 1 heterocycles. The minimum Gasteiger partial charge on any atom is -0.447 e. The summed E-state index contributed by atoms with van der Waals surface area (Å²) in [7, 11) is 0. The van der Waals surface area contributed by atoms with Crippen LogP contribution in [0.2, 0.25) is 0 Å². The Balaban J connectivity index is 1.93. The van der Waals surface area contributed by atoms with Crippen LogP contribution in [0.25, 0.3) is 0 Å². The van der Waals surface area contributed by atoms with Gasteiger partial charge < -0.3 is 10.1 Å². The number of carbonyl (C=O) groups is 2. The van der Waals surface area contributed by atoms with Crippen LogP contribution in [0.1, 0.15) is 25.3 Å². The summed E-state index contributed by atoms with van der Waals surface area (Å²) < 4.78 is 4.78. The maximum Gasteiger partial charge on any atom is 0.416 e. The Labute approximate surface area is 118 Å². The molecule has 20 heavy (non-hydrogen) atoms. The van der Waals surface area contributed by atoms with Crippen LogP contribution in [-0.2, 0) is 9.53 Å². The Morgan fingerprint density at radius 2 is 2.10 bits per heavy atom. The third-order valence-corrected chi connectivity index (χ3v) is 3.40. The molecule has 1 N–H and O–H groups in total. The van der Waals surface area contributed by atoms with Crippen LogP contribution in [0.3, 0.4) is 0 Å². The van der Waals surface area contributed by atoms with Crippen LogP contribution in [0.4, 0.5) is 10.5 Å². The lowest BCUT2D eigenvalue weighted by Crippen LogP contribution is -2.35. The second-order valence-corrected chi connectivity index (χ2v) is 4.98. The average Bonchev–Trinajstić information content (AvgIpc) is 2.86. The summed E-state index contributed by atoms with van der Waals surface area (Å²) in [5, 5.41) is 3.33. The number of amides is 2. The molecule has 0 saturated carbocycles. The lowest BCUT2D eigenvalue weighted by atomic mass is 10.1. The van der Waals surface area contributed by atoms with E-state index in [0.29, 0.717) is 19.6 Å². The van der Waals surface area contributed by atoms with Crippen LogP contribution < -0.4 is 5.32 Å². The van der Waals surface area contributed by atoms with Crippen molar-refractivity contribution in [3.63, 3.8) is 0 Å². The van der Waals surface area contributed by atoms with Crippen molar-refractivity contribution in [2.24, 2.45) is 0 Å². The predicted molar refractivity (Wildman–Crippen MR) is 76.6 cm³/mol. The van der Waals surface area contributed by atoms with Crippen LogP contribution in [0, 0.1) is 6.92 Å². The zero-order valence-electron chi connectivity index (χ0n) is 11.9. The standard InChI is InChI=1S/C15H20N2O3/c1-3-12(16-13-6-4-11(2)5-7-13)10-14(18)17-8-9-20-15(17)19/h4-7,12,16H,3,8-10H2,1-2H3. The quantitative estimate of drug-likeness (QED) is 0.898. The van der Waals surface area contributed by atoms with Gasteiger partial charge in [-0.05, 0) is 25.5 Å². The highest BCUT2D eigenvalue weighted by Gasteiger charge is 2.29. The van der Waals surface area contributed by atoms with Gasteiger partial charge >= 0.3 is 6.09 Å². The molecule has 0 spiro atoms. The number of cyclic esters (lactones) is 1. The van der Waals surface area contributed by atoms with Gasteiger partial charge in [-0.1, -0.05) is 24.6 Å². The molecule has 1 atom stereocenters. The summed E-state index contributed by atoms with van der Waals surface area (Å²) in [5.41, 5.74) is 2.18. The molecule has 0 aromatic heterocycles. The van der Waals surface area contributed by atoms with Crippen molar-refractivity contribution in [3.05, 3.63) is 29.8 Å². The van der Waals surface area contributed by atoms with E-state index < -0.39 is 6.09 Å². The first-order chi connectivity index (χ1) is 9.60. The molecule has 108 valence electrons. The number of carbonyl (C=O) groups excluding carboxylic acids is 2. The molecule has 0 bridgehead atoms. The number of ether oxygens (including phenoxy) is 1. The van der Waals surface area contributed by atoms with Crippen LogP contribution >= 0.6 is 0 Å². The zero-order chi connectivity index (χ0) is 14.5. The normalized spacial score (nSPS) is 15.9. The minimum absolute atomic E-state index is 0.0126. The first-order valence-corrected chi connectivity index (χ1v) is 6.90. The topological polar surface area (TPSA) is 58.6 Å². The number of hydrogen-bond acceptors (Lipinski definition) is 4. The fraction of sp³-hybridized carbons (Fsp3) is 0.467. The number of benzene rings is 1. The summed E-state index contributed by atoms with van der Waals surface area (Å²) in [6, 6.07) is 8.04. The second kappa shape index (κ2) is 6.41. The van der Waals surface area contributed by atoms with E-state index in [1.807, 2.05) is 38.1 Å². The summed E-state index contributed by atoms with van der Waals surface area (Å²) in [6.07, 6.45) is 0.572. The number of anilines is 1. The van der Waals surface area contributed by atoms with Gasteiger partial charge in [0.15, 0.2) is 0 Å². The van der Waals surface area contributed by atoms with E-state index in [1.54, 1.807) is 0 Å². The van der Waals surface area contributed by atoms with Crippen LogP contribution in [0.15, 0.2) is 24.3 Å². The number of aryl methyl sites for hydroxylation is 1. The van der Waals surface area contributed by atoms with E-state index in [9.17, 15) is 9.59 Å². The molecule has 2 rings (SSSR count). The molecular weight excluding hydrogens is 256 g/mol. The lowest BCUT2D eigenvalue weighted by Gasteiger charge is -2.20. The van der Waals surface area contributed by atoms with Crippen LogP contribution in [-0.4, -0.2) is 36.1 Å². The van der Waals surface area contributed by atoms with Gasteiger partial charge in [-0.3, -0.25) is 4.79 Å². The molecule has 1 fully saturated rings. The Morgan fingerprint density at radius 3 is 2.65 bits per heavy atom. The molecule has 5 heteroatoms. The number of rotatable bonds is 5. The molecule has 5 nitrogen and oxygen atoms in total. The van der Waals surface area contributed by atoms with E-state index in [4.69, 9.17) is 4.74 Å². The van der Waals surface area contributed by atoms with Crippen molar-refractivity contribution >= 4 is 17.7 Å². The average molecular weight is 276 g/mol. The van der Waals surface area contributed by atoms with Crippen molar-refractivity contribution < 1.29 is 14.3 Å². The highest BCUT2D eigenvalue weighted by atomic mass is 16.6. The molecule has 1 unspecified atom stereocenters. The molecule has 1 saturated heterocycles. The molecule has 1 aliphatic rings. The number of nitrogens with one attached hydrogen (secondary N) is 1. The van der Waals surface area contributed by atoms with Crippen molar-refractivity contribution in [3.8, 4) is 0 Å². The lowest BCUT2D eigenvalue weighted by molar-refractivity contribution is -0.128. The molecule has 0 radical (unpaired) electrons. The van der Waals surface area contributed by atoms with Crippen molar-refractivity contribution in [1.82, 2.24) is 4.90 Å². The predicted octanol–water partition coefficient (Wildman–Crippen LogP) is 2.55. The fourth-order valence-electron chi connectivity index (χ4n) is 2.12. The van der Waals surface area contributed by atoms with E-state index in [-0.39, 0.29) is 11.9 Å². The summed E-state index contributed by atoms with van der Waals surface area (Å²) in [6.45, 7) is 4.70. The van der Waals surface area contributed by atoms with E-state index in [2.05, 4.69) is 5.32 Å². The first-order valence-electron chi connectivity index (χ1n) is 6.90. The summed E-state index contributed by atoms with van der Waals surface area (Å²) in [4.78, 5) is 24.6. The van der Waals surface area contributed by atoms with Crippen molar-refractivity contribution in [2.75, 3.05) is 18.5 Å². The minimum atomic E-state index is -0.528. The molecular formula is C15H20N2O3. The van der Waals surface area contributed by atoms with Gasteiger partial charge in [0, 0.05) is 18.2 Å². The van der Waals surface area contributed by atoms with Crippen LogP contribution in [0.5, 0.6) is 0 Å². The largest absolute Gasteiger partial charge is 0.447 e. The zero-order valence-corrected chi connectivity index (χ0v) is 11.9. The second-order valence-electron chi connectivity index (χ2n) is 4.98. The van der Waals surface area contributed by atoms with Gasteiger partial charge in [-0.15, -0.1) is 0 Å². The Bertz CT molecular complexity index is 484.